The number of hydrogen-bond donors (Lipinski definition) is 1. The standard InChI is InChI=1S/C19H30N2O3/c1-14-11-15(2)13-21(12-14)10-6-9-20-19(22)18-16(23-3)7-5-8-17(18)24-4/h5,7-8,14-15H,6,9-13H2,1-4H3,(H,20,22)/t14-,15-/m0/s1. The lowest BCUT2D eigenvalue weighted by Gasteiger charge is -2.34. The van der Waals surface area contributed by atoms with Crippen LogP contribution in [0, 0.1) is 11.8 Å². The Bertz CT molecular complexity index is 515. The molecule has 1 saturated heterocycles. The zero-order valence-electron chi connectivity index (χ0n) is 15.3. The summed E-state index contributed by atoms with van der Waals surface area (Å²) < 4.78 is 10.6. The van der Waals surface area contributed by atoms with Crippen molar-refractivity contribution in [3.8, 4) is 11.5 Å². The molecule has 2 rings (SSSR count). The number of likely N-dealkylation sites (tertiary alicyclic amines) is 1. The van der Waals surface area contributed by atoms with Gasteiger partial charge < -0.3 is 19.7 Å². The molecule has 0 aromatic heterocycles. The normalized spacial score (nSPS) is 21.3. The van der Waals surface area contributed by atoms with E-state index in [2.05, 4.69) is 24.1 Å². The minimum Gasteiger partial charge on any atom is -0.496 e. The Balaban J connectivity index is 1.83. The third-order valence-electron chi connectivity index (χ3n) is 4.54. The van der Waals surface area contributed by atoms with Crippen molar-refractivity contribution >= 4 is 5.91 Å². The molecule has 0 spiro atoms. The number of methoxy groups -OCH3 is 2. The molecule has 0 aliphatic carbocycles. The van der Waals surface area contributed by atoms with Crippen LogP contribution < -0.4 is 14.8 Å². The van der Waals surface area contributed by atoms with Gasteiger partial charge in [0.05, 0.1) is 14.2 Å². The number of amides is 1. The van der Waals surface area contributed by atoms with E-state index < -0.39 is 0 Å². The Morgan fingerprint density at radius 3 is 2.29 bits per heavy atom. The molecule has 1 N–H and O–H groups in total. The van der Waals surface area contributed by atoms with Gasteiger partial charge in [0.15, 0.2) is 0 Å². The number of nitrogens with one attached hydrogen (secondary N) is 1. The number of nitrogens with zero attached hydrogens (tertiary/aromatic N) is 1. The van der Waals surface area contributed by atoms with Crippen LogP contribution in [0.2, 0.25) is 0 Å². The van der Waals surface area contributed by atoms with Crippen LogP contribution in [0.15, 0.2) is 18.2 Å². The molecule has 0 saturated carbocycles. The fraction of sp³-hybridized carbons (Fsp3) is 0.632. The van der Waals surface area contributed by atoms with E-state index in [0.717, 1.165) is 24.8 Å². The largest absolute Gasteiger partial charge is 0.496 e. The van der Waals surface area contributed by atoms with E-state index in [0.29, 0.717) is 23.6 Å². The molecule has 1 amide bonds. The van der Waals surface area contributed by atoms with Crippen LogP contribution in [0.4, 0.5) is 0 Å². The van der Waals surface area contributed by atoms with Crippen LogP contribution in [0.3, 0.4) is 0 Å². The second-order valence-electron chi connectivity index (χ2n) is 6.85. The molecule has 1 aromatic rings. The van der Waals surface area contributed by atoms with Crippen LogP contribution in [-0.2, 0) is 0 Å². The molecular formula is C19H30N2O3. The lowest BCUT2D eigenvalue weighted by atomic mass is 9.92. The van der Waals surface area contributed by atoms with Gasteiger partial charge in [-0.2, -0.15) is 0 Å². The van der Waals surface area contributed by atoms with Gasteiger partial charge in [-0.25, -0.2) is 0 Å². The number of benzene rings is 1. The number of ether oxygens (including phenoxy) is 2. The maximum absolute atomic E-state index is 12.5. The number of piperidine rings is 1. The number of rotatable bonds is 7. The molecule has 5 heteroatoms. The average molecular weight is 334 g/mol. The first kappa shape index (κ1) is 18.6. The van der Waals surface area contributed by atoms with Gasteiger partial charge in [0.1, 0.15) is 17.1 Å². The van der Waals surface area contributed by atoms with Crippen LogP contribution in [0.25, 0.3) is 0 Å². The van der Waals surface area contributed by atoms with Crippen molar-refractivity contribution in [2.75, 3.05) is 40.4 Å². The van der Waals surface area contributed by atoms with Crippen LogP contribution >= 0.6 is 0 Å². The summed E-state index contributed by atoms with van der Waals surface area (Å²) in [6.45, 7) is 8.64. The van der Waals surface area contributed by atoms with Crippen molar-refractivity contribution < 1.29 is 14.3 Å². The third kappa shape index (κ3) is 4.87. The minimum atomic E-state index is -0.148. The quantitative estimate of drug-likeness (QED) is 0.779. The van der Waals surface area contributed by atoms with Gasteiger partial charge in [0.25, 0.3) is 5.91 Å². The second kappa shape index (κ2) is 8.92. The van der Waals surface area contributed by atoms with Gasteiger partial charge in [0, 0.05) is 19.6 Å². The maximum atomic E-state index is 12.5. The molecule has 0 bridgehead atoms. The zero-order chi connectivity index (χ0) is 17.5. The molecule has 1 aliphatic rings. The van der Waals surface area contributed by atoms with E-state index in [1.54, 1.807) is 26.4 Å². The van der Waals surface area contributed by atoms with E-state index >= 15 is 0 Å². The third-order valence-corrected chi connectivity index (χ3v) is 4.54. The van der Waals surface area contributed by atoms with Gasteiger partial charge in [-0.15, -0.1) is 0 Å². The Labute approximate surface area is 145 Å². The number of carbonyl (C=O) groups is 1. The van der Waals surface area contributed by atoms with Gasteiger partial charge in [-0.3, -0.25) is 4.79 Å². The Hall–Kier alpha value is -1.75. The summed E-state index contributed by atoms with van der Waals surface area (Å²) in [5, 5.41) is 2.98. The summed E-state index contributed by atoms with van der Waals surface area (Å²) in [5.41, 5.74) is 0.461. The highest BCUT2D eigenvalue weighted by Crippen LogP contribution is 2.28. The van der Waals surface area contributed by atoms with E-state index in [1.807, 2.05) is 6.07 Å². The highest BCUT2D eigenvalue weighted by molar-refractivity contribution is 5.99. The van der Waals surface area contributed by atoms with Crippen molar-refractivity contribution in [1.29, 1.82) is 0 Å². The minimum absolute atomic E-state index is 0.148. The summed E-state index contributed by atoms with van der Waals surface area (Å²) in [5.74, 6) is 2.45. The fourth-order valence-corrected chi connectivity index (χ4v) is 3.64. The highest BCUT2D eigenvalue weighted by atomic mass is 16.5. The smallest absolute Gasteiger partial charge is 0.258 e. The predicted molar refractivity (Wildman–Crippen MR) is 95.9 cm³/mol. The first-order valence-electron chi connectivity index (χ1n) is 8.76. The van der Waals surface area contributed by atoms with Crippen LogP contribution in [0.1, 0.15) is 37.0 Å². The summed E-state index contributed by atoms with van der Waals surface area (Å²) in [4.78, 5) is 15.0. The van der Waals surface area contributed by atoms with Crippen molar-refractivity contribution in [2.24, 2.45) is 11.8 Å². The van der Waals surface area contributed by atoms with E-state index in [9.17, 15) is 4.79 Å². The Kier molecular flexibility index (Phi) is 6.91. The molecular weight excluding hydrogens is 304 g/mol. The van der Waals surface area contributed by atoms with E-state index in [1.165, 1.54) is 19.5 Å². The lowest BCUT2D eigenvalue weighted by Crippen LogP contribution is -2.40. The molecule has 0 unspecified atom stereocenters. The zero-order valence-corrected chi connectivity index (χ0v) is 15.3. The number of carbonyl (C=O) groups excluding carboxylic acids is 1. The lowest BCUT2D eigenvalue weighted by molar-refractivity contribution is 0.0941. The van der Waals surface area contributed by atoms with E-state index in [4.69, 9.17) is 9.47 Å². The van der Waals surface area contributed by atoms with Gasteiger partial charge in [-0.05, 0) is 43.4 Å². The second-order valence-corrected chi connectivity index (χ2v) is 6.85. The van der Waals surface area contributed by atoms with E-state index in [-0.39, 0.29) is 5.91 Å². The van der Waals surface area contributed by atoms with Crippen molar-refractivity contribution in [3.05, 3.63) is 23.8 Å². The molecule has 2 atom stereocenters. The van der Waals surface area contributed by atoms with Gasteiger partial charge in [0.2, 0.25) is 0 Å². The van der Waals surface area contributed by atoms with Crippen LogP contribution in [-0.4, -0.2) is 51.2 Å². The summed E-state index contributed by atoms with van der Waals surface area (Å²) >= 11 is 0. The average Bonchev–Trinajstić information content (AvgIpc) is 2.56. The van der Waals surface area contributed by atoms with Gasteiger partial charge in [-0.1, -0.05) is 19.9 Å². The molecule has 1 aliphatic heterocycles. The summed E-state index contributed by atoms with van der Waals surface area (Å²) in [6.07, 6.45) is 2.27. The molecule has 1 heterocycles. The van der Waals surface area contributed by atoms with Crippen LogP contribution in [0.5, 0.6) is 11.5 Å². The first-order chi connectivity index (χ1) is 11.5. The Morgan fingerprint density at radius 2 is 1.75 bits per heavy atom. The highest BCUT2D eigenvalue weighted by Gasteiger charge is 2.21. The Morgan fingerprint density at radius 1 is 1.17 bits per heavy atom. The van der Waals surface area contributed by atoms with Crippen molar-refractivity contribution in [3.63, 3.8) is 0 Å². The first-order valence-corrected chi connectivity index (χ1v) is 8.76. The molecule has 1 aromatic carbocycles. The number of hydrogen-bond acceptors (Lipinski definition) is 4. The SMILES string of the molecule is COc1cccc(OC)c1C(=O)NCCCN1C[C@@H](C)C[C@H](C)C1. The van der Waals surface area contributed by atoms with Crippen molar-refractivity contribution in [1.82, 2.24) is 10.2 Å². The molecule has 134 valence electrons. The fourth-order valence-electron chi connectivity index (χ4n) is 3.64. The summed E-state index contributed by atoms with van der Waals surface area (Å²) in [6, 6.07) is 5.36. The van der Waals surface area contributed by atoms with Gasteiger partial charge >= 0.3 is 0 Å². The molecule has 0 radical (unpaired) electrons. The predicted octanol–water partition coefficient (Wildman–Crippen LogP) is 2.80. The summed E-state index contributed by atoms with van der Waals surface area (Å²) in [7, 11) is 3.12. The monoisotopic (exact) mass is 334 g/mol. The maximum Gasteiger partial charge on any atom is 0.258 e. The molecule has 24 heavy (non-hydrogen) atoms. The molecule has 1 fully saturated rings. The topological polar surface area (TPSA) is 50.8 Å². The van der Waals surface area contributed by atoms with Crippen molar-refractivity contribution in [2.45, 2.75) is 26.7 Å². The molecule has 5 nitrogen and oxygen atoms in total.